The number of hydrogen-bond acceptors (Lipinski definition) is 7. The molecule has 1 spiro atoms. The number of rotatable bonds is 5. The summed E-state index contributed by atoms with van der Waals surface area (Å²) in [7, 11) is 1.57. The van der Waals surface area contributed by atoms with Gasteiger partial charge in [0, 0.05) is 12.2 Å². The average Bonchev–Trinajstić information content (AvgIpc) is 3.39. The topological polar surface area (TPSA) is 106 Å². The number of amides is 2. The highest BCUT2D eigenvalue weighted by atomic mass is 16.6. The molecule has 2 aromatic rings. The van der Waals surface area contributed by atoms with Crippen molar-refractivity contribution in [2.75, 3.05) is 31.8 Å². The number of ether oxygens (including phenoxy) is 3. The van der Waals surface area contributed by atoms with Crippen molar-refractivity contribution in [1.82, 2.24) is 4.90 Å². The molecule has 1 N–H and O–H groups in total. The molecule has 208 valence electrons. The molecular weight excluding hydrogens is 512 g/mol. The molecule has 0 radical (unpaired) electrons. The number of likely N-dealkylation sites (tertiary alicyclic amines) is 1. The maximum atomic E-state index is 14.6. The summed E-state index contributed by atoms with van der Waals surface area (Å²) in [6.45, 7) is 0.0794. The van der Waals surface area contributed by atoms with Crippen LogP contribution in [0.1, 0.15) is 24.4 Å². The van der Waals surface area contributed by atoms with Crippen LogP contribution in [0.25, 0.3) is 0 Å². The van der Waals surface area contributed by atoms with E-state index in [0.717, 1.165) is 0 Å². The lowest BCUT2D eigenvalue weighted by molar-refractivity contribution is -0.155. The summed E-state index contributed by atoms with van der Waals surface area (Å²) < 4.78 is 17.5. The molecule has 0 aliphatic carbocycles. The van der Waals surface area contributed by atoms with Crippen molar-refractivity contribution in [2.45, 2.75) is 36.6 Å². The van der Waals surface area contributed by atoms with Crippen molar-refractivity contribution in [3.63, 3.8) is 0 Å². The van der Waals surface area contributed by atoms with E-state index in [0.29, 0.717) is 29.8 Å². The molecule has 9 heteroatoms. The van der Waals surface area contributed by atoms with Gasteiger partial charge in [0.1, 0.15) is 23.3 Å². The van der Waals surface area contributed by atoms with Crippen LogP contribution < -0.4 is 9.64 Å². The molecule has 0 bridgehead atoms. The van der Waals surface area contributed by atoms with Gasteiger partial charge in [-0.15, -0.1) is 0 Å². The number of esters is 1. The Morgan fingerprint density at radius 1 is 1.05 bits per heavy atom. The Labute approximate surface area is 232 Å². The van der Waals surface area contributed by atoms with Gasteiger partial charge in [-0.1, -0.05) is 54.6 Å². The normalized spacial score (nSPS) is 31.2. The molecule has 2 aromatic carbocycles. The predicted octanol–water partition coefficient (Wildman–Crippen LogP) is 2.81. The van der Waals surface area contributed by atoms with Crippen molar-refractivity contribution >= 4 is 23.5 Å². The highest BCUT2D eigenvalue weighted by molar-refractivity contribution is 6.05. The van der Waals surface area contributed by atoms with Crippen LogP contribution >= 0.6 is 0 Å². The van der Waals surface area contributed by atoms with Gasteiger partial charge in [0.15, 0.2) is 0 Å². The van der Waals surface area contributed by atoms with Crippen molar-refractivity contribution < 1.29 is 33.7 Å². The van der Waals surface area contributed by atoms with E-state index in [1.807, 2.05) is 48.6 Å². The summed E-state index contributed by atoms with van der Waals surface area (Å²) in [5.41, 5.74) is -0.113. The van der Waals surface area contributed by atoms with Gasteiger partial charge in [-0.2, -0.15) is 0 Å². The molecule has 4 heterocycles. The van der Waals surface area contributed by atoms with Crippen LogP contribution in [0.4, 0.5) is 5.69 Å². The minimum Gasteiger partial charge on any atom is -0.497 e. The van der Waals surface area contributed by atoms with E-state index in [2.05, 4.69) is 0 Å². The second-order valence-electron chi connectivity index (χ2n) is 10.5. The molecule has 0 aromatic heterocycles. The number of carbonyl (C=O) groups is 3. The summed E-state index contributed by atoms with van der Waals surface area (Å²) in [4.78, 5) is 45.5. The third-order valence-corrected chi connectivity index (χ3v) is 8.37. The lowest BCUT2D eigenvalue weighted by Gasteiger charge is -2.38. The molecule has 9 nitrogen and oxygen atoms in total. The van der Waals surface area contributed by atoms with Gasteiger partial charge in [-0.3, -0.25) is 14.4 Å². The largest absolute Gasteiger partial charge is 0.497 e. The highest BCUT2D eigenvalue weighted by Gasteiger charge is 2.72. The first-order valence-corrected chi connectivity index (χ1v) is 13.6. The SMILES string of the molecule is COc1ccc(N2CC=C[C@]34O[C@@H]5/C=C\CCCOC(=O)[C@@H]5[C@H]3C(=O)N([C@H](CO)c3ccccc3)C4C2=O)cc1. The maximum absolute atomic E-state index is 14.6. The van der Waals surface area contributed by atoms with Crippen LogP contribution in [0, 0.1) is 11.8 Å². The van der Waals surface area contributed by atoms with Crippen molar-refractivity contribution in [1.29, 1.82) is 0 Å². The van der Waals surface area contributed by atoms with Gasteiger partial charge in [-0.05, 0) is 42.7 Å². The Balaban J connectivity index is 1.50. The van der Waals surface area contributed by atoms with Gasteiger partial charge in [0.25, 0.3) is 5.91 Å². The fraction of sp³-hybridized carbons (Fsp3) is 0.387. The van der Waals surface area contributed by atoms with Crippen molar-refractivity contribution in [2.24, 2.45) is 11.8 Å². The van der Waals surface area contributed by atoms with Gasteiger partial charge in [0.05, 0.1) is 38.4 Å². The number of methoxy groups -OCH3 is 1. The van der Waals surface area contributed by atoms with Crippen LogP contribution in [-0.4, -0.2) is 72.4 Å². The average molecular weight is 545 g/mol. The zero-order valence-electron chi connectivity index (χ0n) is 22.2. The van der Waals surface area contributed by atoms with Gasteiger partial charge >= 0.3 is 5.97 Å². The van der Waals surface area contributed by atoms with E-state index >= 15 is 0 Å². The Morgan fingerprint density at radius 2 is 1.82 bits per heavy atom. The fourth-order valence-electron chi connectivity index (χ4n) is 6.55. The molecule has 4 aliphatic rings. The number of benzene rings is 2. The van der Waals surface area contributed by atoms with E-state index < -0.39 is 54.1 Å². The number of aliphatic hydroxyl groups is 1. The van der Waals surface area contributed by atoms with E-state index in [1.54, 1.807) is 42.4 Å². The molecule has 2 saturated heterocycles. The van der Waals surface area contributed by atoms with Gasteiger partial charge in [0.2, 0.25) is 5.91 Å². The van der Waals surface area contributed by atoms with E-state index in [-0.39, 0.29) is 19.1 Å². The van der Waals surface area contributed by atoms with Crippen molar-refractivity contribution in [3.8, 4) is 5.75 Å². The number of aliphatic hydroxyl groups excluding tert-OH is 1. The second-order valence-corrected chi connectivity index (χ2v) is 10.5. The summed E-state index contributed by atoms with van der Waals surface area (Å²) in [6.07, 6.45) is 8.03. The first kappa shape index (κ1) is 26.3. The third-order valence-electron chi connectivity index (χ3n) is 8.37. The third kappa shape index (κ3) is 4.12. The first-order chi connectivity index (χ1) is 19.5. The minimum atomic E-state index is -1.42. The Morgan fingerprint density at radius 3 is 2.55 bits per heavy atom. The summed E-state index contributed by atoms with van der Waals surface area (Å²) in [5, 5.41) is 10.6. The molecular formula is C31H32N2O7. The standard InChI is InChI=1S/C31H32N2O7/c1-38-22-14-12-21(13-15-22)32-17-8-16-31-26(25-24(40-31)11-6-3-7-18-39-30(25)37)28(35)33(27(31)29(32)36)23(19-34)20-9-4-2-5-10-20/h2,4-6,8-16,23-27,34H,3,7,17-19H2,1H3/b11-6-/t23-,24-,25+,26+,27?,31+/m1/s1. The van der Waals surface area contributed by atoms with Crippen LogP contribution in [0.3, 0.4) is 0 Å². The highest BCUT2D eigenvalue weighted by Crippen LogP contribution is 2.55. The molecule has 4 aliphatic heterocycles. The summed E-state index contributed by atoms with van der Waals surface area (Å²) >= 11 is 0. The lowest BCUT2D eigenvalue weighted by atomic mass is 9.78. The second kappa shape index (κ2) is 10.6. The predicted molar refractivity (Wildman–Crippen MR) is 145 cm³/mol. The number of cyclic esters (lactones) is 1. The van der Waals surface area contributed by atoms with Crippen LogP contribution in [0.2, 0.25) is 0 Å². The fourth-order valence-corrected chi connectivity index (χ4v) is 6.55. The summed E-state index contributed by atoms with van der Waals surface area (Å²) in [6, 6.07) is 14.3. The van der Waals surface area contributed by atoms with Crippen LogP contribution in [-0.2, 0) is 23.9 Å². The number of anilines is 1. The zero-order valence-corrected chi connectivity index (χ0v) is 22.2. The van der Waals surface area contributed by atoms with Crippen LogP contribution in [0.5, 0.6) is 5.75 Å². The van der Waals surface area contributed by atoms with E-state index in [1.165, 1.54) is 4.90 Å². The van der Waals surface area contributed by atoms with E-state index in [9.17, 15) is 19.5 Å². The number of hydrogen-bond donors (Lipinski definition) is 1. The quantitative estimate of drug-likeness (QED) is 0.456. The number of carbonyl (C=O) groups excluding carboxylic acids is 3. The Bertz CT molecular complexity index is 1340. The molecule has 1 unspecified atom stereocenters. The molecule has 40 heavy (non-hydrogen) atoms. The molecule has 6 atom stereocenters. The monoisotopic (exact) mass is 544 g/mol. The lowest BCUT2D eigenvalue weighted by Crippen LogP contribution is -2.56. The smallest absolute Gasteiger partial charge is 0.312 e. The van der Waals surface area contributed by atoms with Crippen LogP contribution in [0.15, 0.2) is 78.9 Å². The molecule has 2 fully saturated rings. The zero-order chi connectivity index (χ0) is 27.9. The minimum absolute atomic E-state index is 0.242. The summed E-state index contributed by atoms with van der Waals surface area (Å²) in [5.74, 6) is -2.55. The van der Waals surface area contributed by atoms with Gasteiger partial charge in [-0.25, -0.2) is 0 Å². The van der Waals surface area contributed by atoms with Gasteiger partial charge < -0.3 is 29.1 Å². The maximum Gasteiger partial charge on any atom is 0.312 e. The first-order valence-electron chi connectivity index (χ1n) is 13.6. The Kier molecular flexibility index (Phi) is 6.93. The molecule has 6 rings (SSSR count). The molecule has 2 amide bonds. The number of allylic oxidation sites excluding steroid dienone is 1. The number of fused-ring (bicyclic) bond motifs is 2. The van der Waals surface area contributed by atoms with Crippen molar-refractivity contribution in [3.05, 3.63) is 84.5 Å². The number of nitrogens with zero attached hydrogens (tertiary/aromatic N) is 2. The van der Waals surface area contributed by atoms with E-state index in [4.69, 9.17) is 14.2 Å². The Hall–Kier alpha value is -3.95. The molecule has 0 saturated carbocycles.